The van der Waals surface area contributed by atoms with Gasteiger partial charge >= 0.3 is 5.97 Å². The molecule has 1 aromatic carbocycles. The highest BCUT2D eigenvalue weighted by molar-refractivity contribution is 6.04. The highest BCUT2D eigenvalue weighted by atomic mass is 19.1. The molecule has 5 heteroatoms. The number of hydrogen-bond donors (Lipinski definition) is 1. The van der Waals surface area contributed by atoms with Gasteiger partial charge in [0.2, 0.25) is 0 Å². The molecular formula is C13H12FNO3. The van der Waals surface area contributed by atoms with Crippen molar-refractivity contribution >= 4 is 16.9 Å². The fraction of sp³-hybridized carbons (Fsp3) is 0.231. The predicted molar refractivity (Wildman–Crippen MR) is 65.6 cm³/mol. The molecular weight excluding hydrogens is 237 g/mol. The molecule has 0 amide bonds. The summed E-state index contributed by atoms with van der Waals surface area (Å²) >= 11 is 0. The third-order valence-corrected chi connectivity index (χ3v) is 3.08. The molecule has 2 aromatic rings. The normalized spacial score (nSPS) is 10.9. The van der Waals surface area contributed by atoms with Crippen LogP contribution in [0.2, 0.25) is 0 Å². The molecule has 0 spiro atoms. The van der Waals surface area contributed by atoms with E-state index in [1.807, 2.05) is 0 Å². The average Bonchev–Trinajstić information content (AvgIpc) is 2.24. The van der Waals surface area contributed by atoms with Crippen molar-refractivity contribution in [2.75, 3.05) is 0 Å². The van der Waals surface area contributed by atoms with Crippen molar-refractivity contribution in [3.05, 3.63) is 45.0 Å². The monoisotopic (exact) mass is 249 g/mol. The minimum atomic E-state index is -1.22. The lowest BCUT2D eigenvalue weighted by atomic mass is 10.0. The maximum absolute atomic E-state index is 13.4. The second-order valence-electron chi connectivity index (χ2n) is 4.29. The number of pyridine rings is 1. The van der Waals surface area contributed by atoms with Crippen molar-refractivity contribution in [2.24, 2.45) is 7.05 Å². The first kappa shape index (κ1) is 12.3. The lowest BCUT2D eigenvalue weighted by Crippen LogP contribution is -2.24. The van der Waals surface area contributed by atoms with Crippen LogP contribution in [0.1, 0.15) is 21.5 Å². The molecule has 0 saturated carbocycles. The molecule has 0 unspecified atom stereocenters. The van der Waals surface area contributed by atoms with Gasteiger partial charge in [-0.3, -0.25) is 4.79 Å². The van der Waals surface area contributed by atoms with Crippen molar-refractivity contribution in [1.29, 1.82) is 0 Å². The van der Waals surface area contributed by atoms with E-state index in [4.69, 9.17) is 0 Å². The second kappa shape index (κ2) is 3.94. The molecule has 0 atom stereocenters. The van der Waals surface area contributed by atoms with Gasteiger partial charge in [-0.05, 0) is 31.5 Å². The van der Waals surface area contributed by atoms with E-state index in [9.17, 15) is 19.1 Å². The smallest absolute Gasteiger partial charge is 0.336 e. The van der Waals surface area contributed by atoms with E-state index in [1.165, 1.54) is 17.6 Å². The molecule has 0 fully saturated rings. The Morgan fingerprint density at radius 1 is 1.33 bits per heavy atom. The summed E-state index contributed by atoms with van der Waals surface area (Å²) in [7, 11) is 1.55. The summed E-state index contributed by atoms with van der Waals surface area (Å²) in [4.78, 5) is 23.2. The number of benzene rings is 1. The molecule has 0 bridgehead atoms. The molecule has 94 valence electrons. The van der Waals surface area contributed by atoms with Gasteiger partial charge in [-0.2, -0.15) is 0 Å². The first-order chi connectivity index (χ1) is 8.34. The zero-order valence-electron chi connectivity index (χ0n) is 10.2. The van der Waals surface area contributed by atoms with Crippen molar-refractivity contribution < 1.29 is 14.3 Å². The van der Waals surface area contributed by atoms with Crippen LogP contribution in [-0.4, -0.2) is 15.6 Å². The van der Waals surface area contributed by atoms with Gasteiger partial charge in [0.05, 0.1) is 11.1 Å². The van der Waals surface area contributed by atoms with Crippen LogP contribution >= 0.6 is 0 Å². The van der Waals surface area contributed by atoms with Gasteiger partial charge in [0.1, 0.15) is 5.82 Å². The number of aromatic nitrogens is 1. The van der Waals surface area contributed by atoms with Gasteiger partial charge < -0.3 is 9.67 Å². The molecule has 0 radical (unpaired) electrons. The van der Waals surface area contributed by atoms with Crippen LogP contribution in [0.3, 0.4) is 0 Å². The number of aromatic carboxylic acids is 1. The molecule has 1 aromatic heterocycles. The summed E-state index contributed by atoms with van der Waals surface area (Å²) in [5.41, 5.74) is 0.587. The maximum atomic E-state index is 13.4. The number of rotatable bonds is 1. The zero-order chi connectivity index (χ0) is 13.6. The van der Waals surface area contributed by atoms with Gasteiger partial charge in [0.15, 0.2) is 0 Å². The average molecular weight is 249 g/mol. The lowest BCUT2D eigenvalue weighted by Gasteiger charge is -2.13. The van der Waals surface area contributed by atoms with Crippen LogP contribution < -0.4 is 5.56 Å². The molecule has 1 heterocycles. The van der Waals surface area contributed by atoms with Gasteiger partial charge in [0.25, 0.3) is 5.56 Å². The highest BCUT2D eigenvalue weighted by Gasteiger charge is 2.19. The van der Waals surface area contributed by atoms with Gasteiger partial charge in [-0.15, -0.1) is 0 Å². The third-order valence-electron chi connectivity index (χ3n) is 3.08. The predicted octanol–water partition coefficient (Wildman–Crippen LogP) is 1.99. The minimum absolute atomic E-state index is 0.113. The Balaban J connectivity index is 3.18. The Labute approximate surface area is 102 Å². The first-order valence-electron chi connectivity index (χ1n) is 5.37. The van der Waals surface area contributed by atoms with E-state index in [0.717, 1.165) is 6.07 Å². The molecule has 0 saturated heterocycles. The van der Waals surface area contributed by atoms with E-state index < -0.39 is 11.8 Å². The van der Waals surface area contributed by atoms with Crippen molar-refractivity contribution in [3.63, 3.8) is 0 Å². The molecule has 0 aliphatic heterocycles. The molecule has 0 aliphatic rings. The summed E-state index contributed by atoms with van der Waals surface area (Å²) in [6, 6.07) is 2.43. The fourth-order valence-electron chi connectivity index (χ4n) is 2.31. The SMILES string of the molecule is Cc1c(C(=O)O)c2cc(F)cc(C)c2n(C)c1=O. The number of fused-ring (bicyclic) bond motifs is 1. The highest BCUT2D eigenvalue weighted by Crippen LogP contribution is 2.23. The number of aryl methyl sites for hydroxylation is 2. The Morgan fingerprint density at radius 3 is 2.50 bits per heavy atom. The number of hydrogen-bond acceptors (Lipinski definition) is 2. The van der Waals surface area contributed by atoms with E-state index in [2.05, 4.69) is 0 Å². The topological polar surface area (TPSA) is 59.3 Å². The van der Waals surface area contributed by atoms with Crippen molar-refractivity contribution in [3.8, 4) is 0 Å². The summed E-state index contributed by atoms with van der Waals surface area (Å²) < 4.78 is 14.8. The Morgan fingerprint density at radius 2 is 1.94 bits per heavy atom. The van der Waals surface area contributed by atoms with Crippen LogP contribution in [0.25, 0.3) is 10.9 Å². The minimum Gasteiger partial charge on any atom is -0.478 e. The molecule has 1 N–H and O–H groups in total. The number of carbonyl (C=O) groups is 1. The van der Waals surface area contributed by atoms with E-state index >= 15 is 0 Å². The summed E-state index contributed by atoms with van der Waals surface area (Å²) in [5, 5.41) is 9.44. The molecule has 2 rings (SSSR count). The Bertz CT molecular complexity index is 731. The lowest BCUT2D eigenvalue weighted by molar-refractivity contribution is 0.0698. The van der Waals surface area contributed by atoms with Crippen LogP contribution in [0.5, 0.6) is 0 Å². The van der Waals surface area contributed by atoms with Crippen LogP contribution in [0.4, 0.5) is 4.39 Å². The largest absolute Gasteiger partial charge is 0.478 e. The number of nitrogens with zero attached hydrogens (tertiary/aromatic N) is 1. The standard InChI is InChI=1S/C13H12FNO3/c1-6-4-8(14)5-9-10(13(17)18)7(2)12(16)15(3)11(6)9/h4-5H,1-3H3,(H,17,18). The summed E-state index contributed by atoms with van der Waals surface area (Å²) in [6.45, 7) is 3.08. The maximum Gasteiger partial charge on any atom is 0.336 e. The van der Waals surface area contributed by atoms with Gasteiger partial charge in [-0.1, -0.05) is 0 Å². The quantitative estimate of drug-likeness (QED) is 0.840. The number of carboxylic acids is 1. The van der Waals surface area contributed by atoms with Gasteiger partial charge in [0, 0.05) is 18.0 Å². The van der Waals surface area contributed by atoms with Crippen LogP contribution in [-0.2, 0) is 7.05 Å². The number of carboxylic acid groups (broad SMARTS) is 1. The summed E-state index contributed by atoms with van der Waals surface area (Å²) in [5.74, 6) is -1.74. The van der Waals surface area contributed by atoms with Gasteiger partial charge in [-0.25, -0.2) is 9.18 Å². The second-order valence-corrected chi connectivity index (χ2v) is 4.29. The summed E-state index contributed by atoms with van der Waals surface area (Å²) in [6.07, 6.45) is 0. The molecule has 4 nitrogen and oxygen atoms in total. The molecule has 0 aliphatic carbocycles. The van der Waals surface area contributed by atoms with E-state index in [0.29, 0.717) is 11.1 Å². The van der Waals surface area contributed by atoms with Crippen LogP contribution in [0.15, 0.2) is 16.9 Å². The zero-order valence-corrected chi connectivity index (χ0v) is 10.2. The van der Waals surface area contributed by atoms with E-state index in [1.54, 1.807) is 14.0 Å². The Hall–Kier alpha value is -2.17. The van der Waals surface area contributed by atoms with Crippen molar-refractivity contribution in [1.82, 2.24) is 4.57 Å². The first-order valence-corrected chi connectivity index (χ1v) is 5.37. The molecule has 18 heavy (non-hydrogen) atoms. The fourth-order valence-corrected chi connectivity index (χ4v) is 2.31. The van der Waals surface area contributed by atoms with Crippen molar-refractivity contribution in [2.45, 2.75) is 13.8 Å². The third kappa shape index (κ3) is 1.59. The Kier molecular flexibility index (Phi) is 2.69. The number of halogens is 1. The van der Waals surface area contributed by atoms with E-state index in [-0.39, 0.29) is 22.1 Å². The van der Waals surface area contributed by atoms with Crippen LogP contribution in [0, 0.1) is 19.7 Å².